The Kier molecular flexibility index (Phi) is 6.52. The fourth-order valence-corrected chi connectivity index (χ4v) is 3.11. The van der Waals surface area contributed by atoms with Gasteiger partial charge in [0, 0.05) is 19.4 Å². The molecular weight excluding hydrogens is 399 g/mol. The molecular formula is C21H18Cl2N2O3. The van der Waals surface area contributed by atoms with Crippen LogP contribution in [0.2, 0.25) is 10.0 Å². The highest BCUT2D eigenvalue weighted by molar-refractivity contribution is 6.42. The van der Waals surface area contributed by atoms with E-state index in [1.165, 1.54) is 17.7 Å². The van der Waals surface area contributed by atoms with Gasteiger partial charge in [-0.3, -0.25) is 9.59 Å². The molecule has 2 aromatic carbocycles. The number of hydrogen-bond acceptors (Lipinski definition) is 3. The molecule has 5 nitrogen and oxygen atoms in total. The van der Waals surface area contributed by atoms with Gasteiger partial charge in [0.1, 0.15) is 0 Å². The second kappa shape index (κ2) is 9.06. The number of anilines is 1. The van der Waals surface area contributed by atoms with Gasteiger partial charge in [0.25, 0.3) is 11.5 Å². The first kappa shape index (κ1) is 20.1. The molecule has 3 rings (SSSR count). The van der Waals surface area contributed by atoms with E-state index in [0.717, 1.165) is 11.1 Å². The first-order chi connectivity index (χ1) is 13.5. The van der Waals surface area contributed by atoms with Gasteiger partial charge < -0.3 is 14.6 Å². The number of halogens is 2. The van der Waals surface area contributed by atoms with Crippen LogP contribution in [-0.4, -0.2) is 17.6 Å². The Bertz CT molecular complexity index is 1040. The van der Waals surface area contributed by atoms with Gasteiger partial charge >= 0.3 is 0 Å². The lowest BCUT2D eigenvalue weighted by molar-refractivity contribution is -0.126. The minimum Gasteiger partial charge on any atom is -0.367 e. The maximum atomic E-state index is 12.6. The third-order valence-corrected chi connectivity index (χ3v) is 4.90. The number of ether oxygens (including phenoxy) is 1. The van der Waals surface area contributed by atoms with Crippen molar-refractivity contribution < 1.29 is 9.53 Å². The van der Waals surface area contributed by atoms with Crippen LogP contribution in [0.5, 0.6) is 0 Å². The van der Waals surface area contributed by atoms with Crippen molar-refractivity contribution in [2.75, 3.05) is 12.4 Å². The number of rotatable bonds is 6. The molecule has 1 atom stereocenters. The van der Waals surface area contributed by atoms with E-state index in [9.17, 15) is 9.59 Å². The lowest BCUT2D eigenvalue weighted by Crippen LogP contribution is -2.25. The summed E-state index contributed by atoms with van der Waals surface area (Å²) < 4.78 is 6.82. The van der Waals surface area contributed by atoms with E-state index in [-0.39, 0.29) is 11.5 Å². The summed E-state index contributed by atoms with van der Waals surface area (Å²) in [4.78, 5) is 24.8. The van der Waals surface area contributed by atoms with Gasteiger partial charge in [-0.1, -0.05) is 59.6 Å². The molecule has 0 fully saturated rings. The number of pyridine rings is 1. The van der Waals surface area contributed by atoms with E-state index < -0.39 is 6.10 Å². The predicted molar refractivity (Wildman–Crippen MR) is 111 cm³/mol. The molecule has 144 valence electrons. The van der Waals surface area contributed by atoms with E-state index in [1.807, 2.05) is 30.3 Å². The van der Waals surface area contributed by atoms with Crippen LogP contribution >= 0.6 is 23.2 Å². The van der Waals surface area contributed by atoms with Gasteiger partial charge in [-0.15, -0.1) is 0 Å². The maximum absolute atomic E-state index is 12.6. The summed E-state index contributed by atoms with van der Waals surface area (Å²) in [6.45, 7) is 0.297. The summed E-state index contributed by atoms with van der Waals surface area (Å²) in [6.07, 6.45) is 0.831. The van der Waals surface area contributed by atoms with E-state index in [0.29, 0.717) is 22.3 Å². The average Bonchev–Trinajstić information content (AvgIpc) is 2.69. The van der Waals surface area contributed by atoms with Crippen molar-refractivity contribution >= 4 is 34.8 Å². The molecule has 1 unspecified atom stereocenters. The number of hydrogen-bond donors (Lipinski definition) is 1. The van der Waals surface area contributed by atoms with Crippen molar-refractivity contribution in [2.24, 2.45) is 0 Å². The average molecular weight is 417 g/mol. The Morgan fingerprint density at radius 3 is 2.50 bits per heavy atom. The zero-order valence-electron chi connectivity index (χ0n) is 15.1. The molecule has 0 aliphatic heterocycles. The van der Waals surface area contributed by atoms with E-state index in [4.69, 9.17) is 27.9 Å². The summed E-state index contributed by atoms with van der Waals surface area (Å²) in [5.74, 6) is -0.326. The van der Waals surface area contributed by atoms with Crippen molar-refractivity contribution in [3.8, 4) is 0 Å². The molecule has 1 amide bonds. The largest absolute Gasteiger partial charge is 0.367 e. The molecule has 1 aromatic heterocycles. The Balaban J connectivity index is 1.79. The van der Waals surface area contributed by atoms with Crippen LogP contribution in [0.15, 0.2) is 71.7 Å². The minimum absolute atomic E-state index is 0.199. The number of carbonyl (C=O) groups excluding carboxylic acids is 1. The Labute approximate surface area is 172 Å². The van der Waals surface area contributed by atoms with Crippen LogP contribution < -0.4 is 10.9 Å². The summed E-state index contributed by atoms with van der Waals surface area (Å²) in [6, 6.07) is 17.3. The van der Waals surface area contributed by atoms with Crippen LogP contribution in [0, 0.1) is 0 Å². The highest BCUT2D eigenvalue weighted by Crippen LogP contribution is 2.23. The van der Waals surface area contributed by atoms with Gasteiger partial charge in [-0.2, -0.15) is 0 Å². The summed E-state index contributed by atoms with van der Waals surface area (Å²) in [5, 5.41) is 3.66. The summed E-state index contributed by atoms with van der Waals surface area (Å²) in [7, 11) is 1.47. The van der Waals surface area contributed by atoms with Gasteiger partial charge in [0.15, 0.2) is 6.10 Å². The molecule has 0 spiro atoms. The number of methoxy groups -OCH3 is 1. The van der Waals surface area contributed by atoms with Crippen molar-refractivity contribution in [3.63, 3.8) is 0 Å². The molecule has 28 heavy (non-hydrogen) atoms. The molecule has 7 heteroatoms. The zero-order chi connectivity index (χ0) is 20.1. The highest BCUT2D eigenvalue weighted by Gasteiger charge is 2.20. The van der Waals surface area contributed by atoms with Crippen LogP contribution in [0.25, 0.3) is 0 Å². The third kappa shape index (κ3) is 4.81. The fourth-order valence-electron chi connectivity index (χ4n) is 2.79. The molecule has 3 aromatic rings. The van der Waals surface area contributed by atoms with Crippen LogP contribution in [-0.2, 0) is 16.1 Å². The number of aromatic nitrogens is 1. The van der Waals surface area contributed by atoms with Crippen LogP contribution in [0.4, 0.5) is 5.69 Å². The maximum Gasteiger partial charge on any atom is 0.258 e. The summed E-state index contributed by atoms with van der Waals surface area (Å²) in [5.41, 5.74) is 1.85. The Morgan fingerprint density at radius 2 is 1.82 bits per heavy atom. The van der Waals surface area contributed by atoms with E-state index in [2.05, 4.69) is 5.32 Å². The summed E-state index contributed by atoms with van der Waals surface area (Å²) >= 11 is 12.0. The van der Waals surface area contributed by atoms with Gasteiger partial charge in [0.05, 0.1) is 22.3 Å². The third-order valence-electron chi connectivity index (χ3n) is 4.16. The zero-order valence-corrected chi connectivity index (χ0v) is 16.6. The highest BCUT2D eigenvalue weighted by atomic mass is 35.5. The number of nitrogens with zero attached hydrogens (tertiary/aromatic N) is 1. The number of carbonyl (C=O) groups is 1. The van der Waals surface area contributed by atoms with Gasteiger partial charge in [-0.05, 0) is 29.3 Å². The first-order valence-corrected chi connectivity index (χ1v) is 9.26. The normalized spacial score (nSPS) is 11.8. The Morgan fingerprint density at radius 1 is 1.07 bits per heavy atom. The standard InChI is InChI=1S/C21H18Cl2N2O3/c1-28-20(15-5-3-2-4-6-15)21(27)24-16-8-10-19(26)25(13-16)12-14-7-9-17(22)18(23)11-14/h2-11,13,20H,12H2,1H3,(H,24,27). The molecule has 0 saturated heterocycles. The van der Waals surface area contributed by atoms with Crippen molar-refractivity contribution in [3.05, 3.63) is 98.4 Å². The molecule has 1 N–H and O–H groups in total. The smallest absolute Gasteiger partial charge is 0.258 e. The first-order valence-electron chi connectivity index (χ1n) is 8.51. The van der Waals surface area contributed by atoms with Crippen molar-refractivity contribution in [1.29, 1.82) is 0 Å². The molecule has 0 radical (unpaired) electrons. The molecule has 0 aliphatic rings. The number of amides is 1. The van der Waals surface area contributed by atoms with E-state index >= 15 is 0 Å². The molecule has 1 heterocycles. The van der Waals surface area contributed by atoms with Crippen molar-refractivity contribution in [2.45, 2.75) is 12.6 Å². The lowest BCUT2D eigenvalue weighted by atomic mass is 10.1. The van der Waals surface area contributed by atoms with Crippen molar-refractivity contribution in [1.82, 2.24) is 4.57 Å². The lowest BCUT2D eigenvalue weighted by Gasteiger charge is -2.16. The van der Waals surface area contributed by atoms with E-state index in [1.54, 1.807) is 30.5 Å². The van der Waals surface area contributed by atoms with Crippen LogP contribution in [0.3, 0.4) is 0 Å². The quantitative estimate of drug-likeness (QED) is 0.641. The van der Waals surface area contributed by atoms with Gasteiger partial charge in [0.2, 0.25) is 0 Å². The second-order valence-electron chi connectivity index (χ2n) is 6.15. The SMILES string of the molecule is COC(C(=O)Nc1ccc(=O)n(Cc2ccc(Cl)c(Cl)c2)c1)c1ccccc1. The second-order valence-corrected chi connectivity index (χ2v) is 6.96. The molecule has 0 aliphatic carbocycles. The van der Waals surface area contributed by atoms with Gasteiger partial charge in [-0.25, -0.2) is 0 Å². The predicted octanol–water partition coefficient (Wildman–Crippen LogP) is 4.53. The topological polar surface area (TPSA) is 60.3 Å². The number of nitrogens with one attached hydrogen (secondary N) is 1. The molecule has 0 bridgehead atoms. The molecule has 0 saturated carbocycles. The Hall–Kier alpha value is -2.60. The fraction of sp³-hybridized carbons (Fsp3) is 0.143. The monoisotopic (exact) mass is 416 g/mol. The number of benzene rings is 2. The minimum atomic E-state index is -0.753. The van der Waals surface area contributed by atoms with Crippen LogP contribution in [0.1, 0.15) is 17.2 Å².